The minimum absolute atomic E-state index is 0.138. The van der Waals surface area contributed by atoms with Crippen LogP contribution in [0.25, 0.3) is 0 Å². The molecule has 0 bridgehead atoms. The Balaban J connectivity index is 0.000000606. The molecule has 0 saturated heterocycles. The van der Waals surface area contributed by atoms with Gasteiger partial charge in [0.05, 0.1) is 12.1 Å². The molecule has 0 atom stereocenters. The molecule has 1 heterocycles. The molecule has 0 aliphatic heterocycles. The molecule has 2 rings (SSSR count). The third kappa shape index (κ3) is 3.08. The van der Waals surface area contributed by atoms with E-state index in [0.717, 1.165) is 42.7 Å². The monoisotopic (exact) mass is 225 g/mol. The van der Waals surface area contributed by atoms with Gasteiger partial charge in [-0.25, -0.2) is 0 Å². The van der Waals surface area contributed by atoms with Crippen LogP contribution in [0.3, 0.4) is 0 Å². The van der Waals surface area contributed by atoms with Crippen molar-refractivity contribution in [1.29, 1.82) is 0 Å². The summed E-state index contributed by atoms with van der Waals surface area (Å²) < 4.78 is 5.18. The third-order valence-electron chi connectivity index (χ3n) is 2.61. The van der Waals surface area contributed by atoms with E-state index >= 15 is 0 Å². The Kier molecular flexibility index (Phi) is 5.02. The molecule has 4 heteroatoms. The molecule has 1 aliphatic carbocycles. The van der Waals surface area contributed by atoms with Gasteiger partial charge in [-0.15, -0.1) is 0 Å². The van der Waals surface area contributed by atoms with E-state index in [2.05, 4.69) is 5.16 Å². The lowest BCUT2D eigenvalue weighted by Gasteiger charge is -2.08. The molecule has 0 radical (unpaired) electrons. The number of nitrogens with zero attached hydrogens (tertiary/aromatic N) is 1. The van der Waals surface area contributed by atoms with Crippen molar-refractivity contribution in [3.8, 4) is 0 Å². The lowest BCUT2D eigenvalue weighted by atomic mass is 9.95. The van der Waals surface area contributed by atoms with Gasteiger partial charge in [-0.1, -0.05) is 19.0 Å². The van der Waals surface area contributed by atoms with Crippen molar-refractivity contribution < 1.29 is 14.4 Å². The number of hydrogen-bond donors (Lipinski definition) is 1. The molecular formula is C12H19NO3. The van der Waals surface area contributed by atoms with Crippen LogP contribution >= 0.6 is 0 Å². The number of aromatic nitrogens is 1. The molecule has 4 nitrogen and oxygen atoms in total. The lowest BCUT2D eigenvalue weighted by Crippen LogP contribution is -2.04. The quantitative estimate of drug-likeness (QED) is 0.858. The Morgan fingerprint density at radius 2 is 2.06 bits per heavy atom. The number of carbonyl (C=O) groups is 1. The second-order valence-corrected chi connectivity index (χ2v) is 3.63. The number of aryl methyl sites for hydroxylation is 2. The minimum Gasteiger partial charge on any atom is -0.481 e. The van der Waals surface area contributed by atoms with E-state index in [1.807, 2.05) is 13.8 Å². The maximum absolute atomic E-state index is 10.4. The van der Waals surface area contributed by atoms with Gasteiger partial charge in [0, 0.05) is 18.4 Å². The normalized spacial score (nSPS) is 13.6. The predicted molar refractivity (Wildman–Crippen MR) is 60.4 cm³/mol. The van der Waals surface area contributed by atoms with Crippen LogP contribution in [-0.2, 0) is 24.1 Å². The molecular weight excluding hydrogens is 206 g/mol. The Bertz CT molecular complexity index is 344. The molecule has 90 valence electrons. The maximum Gasteiger partial charge on any atom is 0.303 e. The molecule has 1 aliphatic rings. The van der Waals surface area contributed by atoms with Crippen molar-refractivity contribution in [1.82, 2.24) is 5.16 Å². The molecule has 1 N–H and O–H groups in total. The van der Waals surface area contributed by atoms with Crippen molar-refractivity contribution in [3.05, 3.63) is 17.0 Å². The number of carboxylic acids is 1. The fourth-order valence-electron chi connectivity index (χ4n) is 1.87. The average Bonchev–Trinajstić information content (AvgIpc) is 2.72. The number of carboxylic acid groups (broad SMARTS) is 1. The van der Waals surface area contributed by atoms with Gasteiger partial charge in [-0.05, 0) is 19.3 Å². The zero-order valence-corrected chi connectivity index (χ0v) is 9.95. The Morgan fingerprint density at radius 1 is 1.38 bits per heavy atom. The summed E-state index contributed by atoms with van der Waals surface area (Å²) in [5, 5.41) is 12.5. The smallest absolute Gasteiger partial charge is 0.303 e. The van der Waals surface area contributed by atoms with Crippen LogP contribution in [0.2, 0.25) is 0 Å². The summed E-state index contributed by atoms with van der Waals surface area (Å²) in [5.74, 6) is 0.189. The van der Waals surface area contributed by atoms with E-state index < -0.39 is 5.97 Å². The summed E-state index contributed by atoms with van der Waals surface area (Å²) in [6.07, 6.45) is 4.89. The molecule has 0 amide bonds. The highest BCUT2D eigenvalue weighted by Gasteiger charge is 2.19. The SMILES string of the molecule is CC.O=C(O)CCc1noc2c1CCCC2. The first-order chi connectivity index (χ1) is 7.77. The molecule has 0 saturated carbocycles. The zero-order valence-electron chi connectivity index (χ0n) is 9.95. The first-order valence-corrected chi connectivity index (χ1v) is 5.95. The topological polar surface area (TPSA) is 63.3 Å². The van der Waals surface area contributed by atoms with E-state index in [-0.39, 0.29) is 6.42 Å². The molecule has 0 spiro atoms. The van der Waals surface area contributed by atoms with Crippen LogP contribution < -0.4 is 0 Å². The van der Waals surface area contributed by atoms with E-state index in [4.69, 9.17) is 9.63 Å². The highest BCUT2D eigenvalue weighted by atomic mass is 16.5. The molecule has 0 aromatic carbocycles. The average molecular weight is 225 g/mol. The van der Waals surface area contributed by atoms with Crippen molar-refractivity contribution in [2.75, 3.05) is 0 Å². The van der Waals surface area contributed by atoms with Crippen molar-refractivity contribution in [3.63, 3.8) is 0 Å². The number of fused-ring (bicyclic) bond motifs is 1. The van der Waals surface area contributed by atoms with E-state index in [1.54, 1.807) is 0 Å². The molecule has 1 aromatic heterocycles. The Labute approximate surface area is 95.6 Å². The van der Waals surface area contributed by atoms with Crippen LogP contribution in [0.4, 0.5) is 0 Å². The van der Waals surface area contributed by atoms with Gasteiger partial charge in [0.2, 0.25) is 0 Å². The Morgan fingerprint density at radius 3 is 2.75 bits per heavy atom. The minimum atomic E-state index is -0.780. The third-order valence-corrected chi connectivity index (χ3v) is 2.61. The number of hydrogen-bond acceptors (Lipinski definition) is 3. The highest BCUT2D eigenvalue weighted by Crippen LogP contribution is 2.24. The molecule has 0 fully saturated rings. The van der Waals surface area contributed by atoms with E-state index in [0.29, 0.717) is 6.42 Å². The molecule has 16 heavy (non-hydrogen) atoms. The number of aliphatic carboxylic acids is 1. The molecule has 1 aromatic rings. The summed E-state index contributed by atoms with van der Waals surface area (Å²) in [7, 11) is 0. The predicted octanol–water partition coefficient (Wildman–Crippen LogP) is 2.60. The van der Waals surface area contributed by atoms with Crippen molar-refractivity contribution in [2.45, 2.75) is 52.4 Å². The first-order valence-electron chi connectivity index (χ1n) is 5.95. The van der Waals surface area contributed by atoms with Gasteiger partial charge in [0.25, 0.3) is 0 Å². The van der Waals surface area contributed by atoms with Crippen LogP contribution in [0.1, 0.15) is 50.1 Å². The van der Waals surface area contributed by atoms with Gasteiger partial charge in [0.1, 0.15) is 5.76 Å². The van der Waals surface area contributed by atoms with E-state index in [9.17, 15) is 4.79 Å². The fourth-order valence-corrected chi connectivity index (χ4v) is 1.87. The van der Waals surface area contributed by atoms with Crippen LogP contribution in [0, 0.1) is 0 Å². The van der Waals surface area contributed by atoms with Crippen LogP contribution in [0.5, 0.6) is 0 Å². The summed E-state index contributed by atoms with van der Waals surface area (Å²) in [6, 6.07) is 0. The van der Waals surface area contributed by atoms with Gasteiger partial charge in [-0.3, -0.25) is 4.79 Å². The van der Waals surface area contributed by atoms with Gasteiger partial charge >= 0.3 is 5.97 Å². The van der Waals surface area contributed by atoms with Crippen molar-refractivity contribution >= 4 is 5.97 Å². The number of rotatable bonds is 3. The summed E-state index contributed by atoms with van der Waals surface area (Å²) in [5.41, 5.74) is 2.01. The zero-order chi connectivity index (χ0) is 12.0. The summed E-state index contributed by atoms with van der Waals surface area (Å²) in [4.78, 5) is 10.4. The maximum atomic E-state index is 10.4. The largest absolute Gasteiger partial charge is 0.481 e. The summed E-state index contributed by atoms with van der Waals surface area (Å²) in [6.45, 7) is 4.00. The fraction of sp³-hybridized carbons (Fsp3) is 0.667. The lowest BCUT2D eigenvalue weighted by molar-refractivity contribution is -0.136. The standard InChI is InChI=1S/C10H13NO3.C2H6/c12-10(13)6-5-8-7-3-1-2-4-9(7)14-11-8;1-2/h1-6H2,(H,12,13);1-2H3. The molecule has 0 unspecified atom stereocenters. The van der Waals surface area contributed by atoms with Crippen LogP contribution in [-0.4, -0.2) is 16.2 Å². The second kappa shape index (κ2) is 6.30. The van der Waals surface area contributed by atoms with E-state index in [1.165, 1.54) is 0 Å². The van der Waals surface area contributed by atoms with Gasteiger partial charge in [0.15, 0.2) is 0 Å². The van der Waals surface area contributed by atoms with Gasteiger partial charge in [-0.2, -0.15) is 0 Å². The second-order valence-electron chi connectivity index (χ2n) is 3.63. The Hall–Kier alpha value is -1.32. The summed E-state index contributed by atoms with van der Waals surface area (Å²) >= 11 is 0. The van der Waals surface area contributed by atoms with Crippen LogP contribution in [0.15, 0.2) is 4.52 Å². The highest BCUT2D eigenvalue weighted by molar-refractivity contribution is 5.67. The van der Waals surface area contributed by atoms with Gasteiger partial charge < -0.3 is 9.63 Å². The first kappa shape index (κ1) is 12.7. The van der Waals surface area contributed by atoms with Crippen molar-refractivity contribution in [2.24, 2.45) is 0 Å².